The molecule has 2 amide bonds. The molecule has 10 heteroatoms. The summed E-state index contributed by atoms with van der Waals surface area (Å²) in [5.74, 6) is 0.290. The molecule has 0 aliphatic heterocycles. The highest BCUT2D eigenvalue weighted by atomic mass is 16.2. The summed E-state index contributed by atoms with van der Waals surface area (Å²) in [6.45, 7) is 5.54. The zero-order valence-electron chi connectivity index (χ0n) is 18.5. The first-order chi connectivity index (χ1) is 15.3. The molecule has 2 aromatic rings. The molecule has 0 saturated heterocycles. The predicted molar refractivity (Wildman–Crippen MR) is 132 cm³/mol. The third-order valence-electron chi connectivity index (χ3n) is 4.17. The average molecular weight is 436 g/mol. The van der Waals surface area contributed by atoms with Crippen LogP contribution in [0.3, 0.4) is 0 Å². The Morgan fingerprint density at radius 1 is 0.781 bits per heavy atom. The molecule has 8 N–H and O–H groups in total. The van der Waals surface area contributed by atoms with Crippen LogP contribution < -0.4 is 27.8 Å². The van der Waals surface area contributed by atoms with Gasteiger partial charge in [-0.2, -0.15) is 10.2 Å². The first kappa shape index (κ1) is 24.1. The van der Waals surface area contributed by atoms with Gasteiger partial charge in [-0.1, -0.05) is 37.6 Å². The smallest absolute Gasteiger partial charge is 0.323 e. The van der Waals surface area contributed by atoms with Crippen molar-refractivity contribution in [3.05, 3.63) is 59.7 Å². The molecule has 0 aliphatic rings. The molecule has 0 saturated carbocycles. The third kappa shape index (κ3) is 7.90. The zero-order chi connectivity index (χ0) is 23.5. The van der Waals surface area contributed by atoms with Gasteiger partial charge in [-0.25, -0.2) is 4.79 Å². The van der Waals surface area contributed by atoms with Crippen LogP contribution in [0.25, 0.3) is 0 Å². The fourth-order valence-electron chi connectivity index (χ4n) is 2.65. The van der Waals surface area contributed by atoms with E-state index in [1.165, 1.54) is 0 Å². The molecule has 168 valence electrons. The molecule has 2 aromatic carbocycles. The molecule has 0 fully saturated rings. The molecule has 0 heterocycles. The topological polar surface area (TPSA) is 169 Å². The minimum absolute atomic E-state index is 0.0943. The first-order valence-corrected chi connectivity index (χ1v) is 10.1. The van der Waals surface area contributed by atoms with E-state index in [4.69, 9.17) is 17.2 Å². The van der Waals surface area contributed by atoms with Gasteiger partial charge in [-0.3, -0.25) is 0 Å². The Morgan fingerprint density at radius 2 is 1.31 bits per heavy atom. The van der Waals surface area contributed by atoms with E-state index in [1.54, 1.807) is 31.2 Å². The van der Waals surface area contributed by atoms with Gasteiger partial charge < -0.3 is 27.8 Å². The van der Waals surface area contributed by atoms with Gasteiger partial charge in [0.05, 0.1) is 11.4 Å². The number of guanidine groups is 1. The van der Waals surface area contributed by atoms with Crippen LogP contribution in [0.2, 0.25) is 0 Å². The molecule has 0 bridgehead atoms. The van der Waals surface area contributed by atoms with Crippen LogP contribution in [0.5, 0.6) is 0 Å². The highest BCUT2D eigenvalue weighted by Gasteiger charge is 2.06. The highest BCUT2D eigenvalue weighted by molar-refractivity contribution is 6.03. The van der Waals surface area contributed by atoms with Gasteiger partial charge in [-0.15, -0.1) is 10.2 Å². The van der Waals surface area contributed by atoms with Crippen LogP contribution in [0.15, 0.2) is 68.9 Å². The molecule has 0 unspecified atom stereocenters. The van der Waals surface area contributed by atoms with Crippen LogP contribution in [0.1, 0.15) is 44.7 Å². The first-order valence-electron chi connectivity index (χ1n) is 10.1. The van der Waals surface area contributed by atoms with Crippen LogP contribution in [-0.2, 0) is 0 Å². The largest absolute Gasteiger partial charge is 0.386 e. The number of anilines is 2. The van der Waals surface area contributed by atoms with Crippen molar-refractivity contribution in [1.29, 1.82) is 0 Å². The van der Waals surface area contributed by atoms with Crippen LogP contribution in [-0.4, -0.2) is 29.2 Å². The lowest BCUT2D eigenvalue weighted by molar-refractivity contribution is 0.262. The number of nitrogens with one attached hydrogen (secondary N) is 2. The number of nitrogens with zero attached hydrogens (tertiary/aromatic N) is 4. The highest BCUT2D eigenvalue weighted by Crippen LogP contribution is 2.15. The van der Waals surface area contributed by atoms with Crippen molar-refractivity contribution >= 4 is 40.6 Å². The number of rotatable bonds is 8. The fraction of sp³-hybridized carbons (Fsp3) is 0.227. The number of carbonyl (C=O) groups is 1. The summed E-state index contributed by atoms with van der Waals surface area (Å²) in [4.78, 5) is 12.3. The Bertz CT molecular complexity index is 1030. The molecule has 0 aliphatic carbocycles. The van der Waals surface area contributed by atoms with E-state index in [2.05, 4.69) is 31.0 Å². The predicted octanol–water partition coefficient (Wildman–Crippen LogP) is 3.21. The van der Waals surface area contributed by atoms with Crippen molar-refractivity contribution in [2.24, 2.45) is 37.6 Å². The Kier molecular flexibility index (Phi) is 8.91. The quantitative estimate of drug-likeness (QED) is 0.244. The van der Waals surface area contributed by atoms with Crippen molar-refractivity contribution in [3.63, 3.8) is 0 Å². The Balaban J connectivity index is 2.01. The number of nitrogens with two attached hydrogens (primary N) is 3. The molecular formula is C22H29N9O. The van der Waals surface area contributed by atoms with E-state index in [0.29, 0.717) is 17.2 Å². The maximum atomic E-state index is 12.3. The molecular weight excluding hydrogens is 406 g/mol. The van der Waals surface area contributed by atoms with Crippen LogP contribution in [0, 0.1) is 0 Å². The molecule has 0 spiro atoms. The summed E-state index contributed by atoms with van der Waals surface area (Å²) in [5, 5.41) is 21.3. The Morgan fingerprint density at radius 3 is 1.78 bits per heavy atom. The van der Waals surface area contributed by atoms with Crippen molar-refractivity contribution in [1.82, 2.24) is 0 Å². The molecule has 2 rings (SSSR count). The van der Waals surface area contributed by atoms with Crippen LogP contribution >= 0.6 is 0 Å². The zero-order valence-corrected chi connectivity index (χ0v) is 18.5. The lowest BCUT2D eigenvalue weighted by Crippen LogP contribution is -2.22. The van der Waals surface area contributed by atoms with Gasteiger partial charge in [0.15, 0.2) is 0 Å². The van der Waals surface area contributed by atoms with Gasteiger partial charge in [0, 0.05) is 11.4 Å². The van der Waals surface area contributed by atoms with E-state index < -0.39 is 0 Å². The molecule has 0 radical (unpaired) electrons. The SMILES string of the molecule is CCC/C(=N/N=C(N)N)c1ccc(NC(=O)Nc2ccc(/C(C)=N\N=C(C)N)cc2)cc1. The van der Waals surface area contributed by atoms with Gasteiger partial charge in [0.1, 0.15) is 5.84 Å². The fourth-order valence-corrected chi connectivity index (χ4v) is 2.65. The lowest BCUT2D eigenvalue weighted by atomic mass is 10.1. The van der Waals surface area contributed by atoms with Crippen molar-refractivity contribution in [3.8, 4) is 0 Å². The average Bonchev–Trinajstić information content (AvgIpc) is 2.76. The van der Waals surface area contributed by atoms with Crippen molar-refractivity contribution in [2.75, 3.05) is 10.6 Å². The summed E-state index contributed by atoms with van der Waals surface area (Å²) in [6, 6.07) is 14.2. The summed E-state index contributed by atoms with van der Waals surface area (Å²) >= 11 is 0. The van der Waals surface area contributed by atoms with Gasteiger partial charge in [-0.05, 0) is 55.7 Å². The van der Waals surface area contributed by atoms with E-state index in [9.17, 15) is 4.79 Å². The molecule has 32 heavy (non-hydrogen) atoms. The van der Waals surface area contributed by atoms with Crippen molar-refractivity contribution in [2.45, 2.75) is 33.6 Å². The monoisotopic (exact) mass is 435 g/mol. The second-order valence-electron chi connectivity index (χ2n) is 6.98. The second kappa shape index (κ2) is 11.8. The summed E-state index contributed by atoms with van der Waals surface area (Å²) in [6.07, 6.45) is 1.62. The van der Waals surface area contributed by atoms with Gasteiger partial charge >= 0.3 is 6.03 Å². The number of hydrogen-bond acceptors (Lipinski definition) is 5. The van der Waals surface area contributed by atoms with Crippen molar-refractivity contribution < 1.29 is 4.79 Å². The minimum Gasteiger partial charge on any atom is -0.386 e. The molecule has 0 atom stereocenters. The lowest BCUT2D eigenvalue weighted by Gasteiger charge is -2.10. The summed E-state index contributed by atoms with van der Waals surface area (Å²) in [5.41, 5.74) is 20.7. The third-order valence-corrected chi connectivity index (χ3v) is 4.17. The van der Waals surface area contributed by atoms with E-state index >= 15 is 0 Å². The second-order valence-corrected chi connectivity index (χ2v) is 6.98. The number of benzene rings is 2. The van der Waals surface area contributed by atoms with E-state index in [-0.39, 0.29) is 12.0 Å². The maximum Gasteiger partial charge on any atom is 0.323 e. The number of urea groups is 1. The molecule has 0 aromatic heterocycles. The molecule has 10 nitrogen and oxygen atoms in total. The Labute approximate surface area is 187 Å². The summed E-state index contributed by atoms with van der Waals surface area (Å²) < 4.78 is 0. The standard InChI is InChI=1S/C22H29N9O/c1-4-5-20(30-31-21(24)25)17-8-12-19(13-9-17)27-22(32)26-18-10-6-16(7-11-18)14(2)28-29-15(3)23/h6-13H,4-5H2,1-3H3,(H2,23,29)(H4,24,25,31)(H2,26,27,32)/b28-14-,30-20-. The van der Waals surface area contributed by atoms with E-state index in [0.717, 1.165) is 35.4 Å². The number of hydrogen-bond donors (Lipinski definition) is 5. The van der Waals surface area contributed by atoms with Gasteiger partial charge in [0.25, 0.3) is 0 Å². The maximum absolute atomic E-state index is 12.3. The number of amidine groups is 1. The van der Waals surface area contributed by atoms with E-state index in [1.807, 2.05) is 38.1 Å². The normalized spacial score (nSPS) is 12.3. The van der Waals surface area contributed by atoms with Crippen LogP contribution in [0.4, 0.5) is 16.2 Å². The van der Waals surface area contributed by atoms with Gasteiger partial charge in [0.2, 0.25) is 5.96 Å². The Hall–Kier alpha value is -4.21. The number of amides is 2. The summed E-state index contributed by atoms with van der Waals surface area (Å²) in [7, 11) is 0. The minimum atomic E-state index is -0.359. The number of carbonyl (C=O) groups excluding carboxylic acids is 1.